The minimum absolute atomic E-state index is 0.0276. The van der Waals surface area contributed by atoms with Gasteiger partial charge in [-0.3, -0.25) is 14.8 Å². The van der Waals surface area contributed by atoms with Gasteiger partial charge in [-0.25, -0.2) is 5.48 Å². The molecule has 0 aromatic heterocycles. The van der Waals surface area contributed by atoms with Crippen LogP contribution >= 0.6 is 0 Å². The van der Waals surface area contributed by atoms with E-state index in [0.29, 0.717) is 19.5 Å². The fraction of sp³-hybridized carbons (Fsp3) is 0.684. The number of piperidine rings is 1. The third-order valence-corrected chi connectivity index (χ3v) is 6.38. The van der Waals surface area contributed by atoms with E-state index in [0.717, 1.165) is 45.3 Å². The topological polar surface area (TPSA) is 93.7 Å². The highest BCUT2D eigenvalue weighted by molar-refractivity contribution is 5.90. The summed E-state index contributed by atoms with van der Waals surface area (Å²) in [7, 11) is 0. The second-order valence-electron chi connectivity index (χ2n) is 8.10. The number of hydroxylamine groups is 1. The Bertz CT molecular complexity index is 653. The number of hydrogen-bond donors (Lipinski definition) is 4. The molecule has 0 unspecified atom stereocenters. The molecule has 1 aliphatic carbocycles. The van der Waals surface area contributed by atoms with Crippen molar-refractivity contribution < 1.29 is 14.8 Å². The molecular formula is C19H28N4O3. The predicted octanol–water partition coefficient (Wildman–Crippen LogP) is 0.329. The first-order chi connectivity index (χ1) is 12.6. The SMILES string of the molecule is O=C(NO)[C@H]1CC2(CC2)CN[C@@H]1C(=O)N1CC=C(C2=CCCNC2)CC1. The van der Waals surface area contributed by atoms with E-state index in [1.807, 2.05) is 4.90 Å². The number of rotatable bonds is 3. The lowest BCUT2D eigenvalue weighted by Crippen LogP contribution is -2.59. The van der Waals surface area contributed by atoms with Crippen LogP contribution in [0.4, 0.5) is 0 Å². The molecule has 1 saturated heterocycles. The van der Waals surface area contributed by atoms with E-state index in [-0.39, 0.29) is 11.3 Å². The van der Waals surface area contributed by atoms with Crippen LogP contribution in [-0.2, 0) is 9.59 Å². The molecule has 7 heteroatoms. The van der Waals surface area contributed by atoms with Crippen LogP contribution in [0.5, 0.6) is 0 Å². The summed E-state index contributed by atoms with van der Waals surface area (Å²) in [6.45, 7) is 3.99. The van der Waals surface area contributed by atoms with Crippen LogP contribution in [0.1, 0.15) is 32.1 Å². The van der Waals surface area contributed by atoms with Crippen LogP contribution in [0.25, 0.3) is 0 Å². The van der Waals surface area contributed by atoms with Crippen molar-refractivity contribution in [1.29, 1.82) is 0 Å². The van der Waals surface area contributed by atoms with Gasteiger partial charge < -0.3 is 15.5 Å². The van der Waals surface area contributed by atoms with E-state index >= 15 is 0 Å². The maximum atomic E-state index is 13.0. The Morgan fingerprint density at radius 3 is 2.73 bits per heavy atom. The number of hydrogen-bond acceptors (Lipinski definition) is 5. The Morgan fingerprint density at radius 1 is 1.27 bits per heavy atom. The Balaban J connectivity index is 1.42. The monoisotopic (exact) mass is 360 g/mol. The van der Waals surface area contributed by atoms with Gasteiger partial charge in [0, 0.05) is 26.2 Å². The summed E-state index contributed by atoms with van der Waals surface area (Å²) in [5.41, 5.74) is 4.61. The van der Waals surface area contributed by atoms with E-state index in [9.17, 15) is 9.59 Å². The minimum Gasteiger partial charge on any atom is -0.337 e. The summed E-state index contributed by atoms with van der Waals surface area (Å²) in [4.78, 5) is 27.0. The standard InChI is InChI=1S/C19H28N4O3/c24-17(22-26)15-10-19(5-6-19)12-21-16(15)18(25)23-8-3-13(4-9-23)14-2-1-7-20-11-14/h2-3,15-16,20-21,26H,1,4-12H2,(H,22,24)/t15-,16-/m0/s1. The molecule has 1 spiro atoms. The molecule has 0 aromatic rings. The normalized spacial score (nSPS) is 30.4. The summed E-state index contributed by atoms with van der Waals surface area (Å²) in [6, 6.07) is -0.543. The Morgan fingerprint density at radius 2 is 2.12 bits per heavy atom. The smallest absolute Gasteiger partial charge is 0.248 e. The largest absolute Gasteiger partial charge is 0.337 e. The lowest BCUT2D eigenvalue weighted by Gasteiger charge is -2.39. The van der Waals surface area contributed by atoms with Crippen LogP contribution in [0.15, 0.2) is 23.3 Å². The van der Waals surface area contributed by atoms with Crippen molar-refractivity contribution in [2.45, 2.75) is 38.1 Å². The molecule has 4 aliphatic rings. The predicted molar refractivity (Wildman–Crippen MR) is 96.3 cm³/mol. The lowest BCUT2D eigenvalue weighted by molar-refractivity contribution is -0.144. The van der Waals surface area contributed by atoms with Crippen molar-refractivity contribution in [3.63, 3.8) is 0 Å². The Labute approximate surface area is 153 Å². The van der Waals surface area contributed by atoms with Gasteiger partial charge in [0.25, 0.3) is 0 Å². The number of carbonyl (C=O) groups is 2. The van der Waals surface area contributed by atoms with Gasteiger partial charge in [-0.15, -0.1) is 0 Å². The van der Waals surface area contributed by atoms with E-state index < -0.39 is 17.9 Å². The molecule has 142 valence electrons. The minimum atomic E-state index is -0.543. The van der Waals surface area contributed by atoms with Crippen molar-refractivity contribution in [2.75, 3.05) is 32.7 Å². The van der Waals surface area contributed by atoms with Crippen molar-refractivity contribution in [3.8, 4) is 0 Å². The Hall–Kier alpha value is -1.70. The van der Waals surface area contributed by atoms with Gasteiger partial charge in [0.1, 0.15) is 0 Å². The van der Waals surface area contributed by atoms with Crippen molar-refractivity contribution >= 4 is 11.8 Å². The number of carbonyl (C=O) groups excluding carboxylic acids is 2. The van der Waals surface area contributed by atoms with Gasteiger partial charge >= 0.3 is 0 Å². The number of amides is 2. The van der Waals surface area contributed by atoms with Gasteiger partial charge in [-0.2, -0.15) is 0 Å². The summed E-state index contributed by atoms with van der Waals surface area (Å²) in [5, 5.41) is 15.8. The fourth-order valence-electron chi connectivity index (χ4n) is 4.52. The summed E-state index contributed by atoms with van der Waals surface area (Å²) < 4.78 is 0. The molecule has 3 heterocycles. The molecule has 2 atom stereocenters. The number of nitrogens with zero attached hydrogens (tertiary/aromatic N) is 1. The molecular weight excluding hydrogens is 332 g/mol. The van der Waals surface area contributed by atoms with Crippen LogP contribution in [0.2, 0.25) is 0 Å². The van der Waals surface area contributed by atoms with Gasteiger partial charge in [-0.05, 0) is 55.2 Å². The van der Waals surface area contributed by atoms with Gasteiger partial charge in [-0.1, -0.05) is 12.2 Å². The van der Waals surface area contributed by atoms with E-state index in [1.54, 1.807) is 5.48 Å². The second kappa shape index (κ2) is 7.13. The van der Waals surface area contributed by atoms with E-state index in [2.05, 4.69) is 22.8 Å². The van der Waals surface area contributed by atoms with Crippen LogP contribution < -0.4 is 16.1 Å². The first-order valence-corrected chi connectivity index (χ1v) is 9.67. The van der Waals surface area contributed by atoms with Crippen molar-refractivity contribution in [2.24, 2.45) is 11.3 Å². The highest BCUT2D eigenvalue weighted by atomic mass is 16.5. The Kier molecular flexibility index (Phi) is 4.86. The molecule has 7 nitrogen and oxygen atoms in total. The maximum Gasteiger partial charge on any atom is 0.248 e. The van der Waals surface area contributed by atoms with Crippen LogP contribution in [0.3, 0.4) is 0 Å². The van der Waals surface area contributed by atoms with Gasteiger partial charge in [0.15, 0.2) is 0 Å². The molecule has 2 fully saturated rings. The molecule has 0 aromatic carbocycles. The third-order valence-electron chi connectivity index (χ3n) is 6.38. The van der Waals surface area contributed by atoms with Crippen molar-refractivity contribution in [1.82, 2.24) is 21.0 Å². The van der Waals surface area contributed by atoms with E-state index in [1.165, 1.54) is 11.1 Å². The summed E-state index contributed by atoms with van der Waals surface area (Å²) in [5.74, 6) is -0.979. The average molecular weight is 360 g/mol. The average Bonchev–Trinajstić information content (AvgIpc) is 3.46. The van der Waals surface area contributed by atoms with E-state index in [4.69, 9.17) is 5.21 Å². The molecule has 1 saturated carbocycles. The molecule has 4 rings (SSSR count). The molecule has 4 N–H and O–H groups in total. The molecule has 3 aliphatic heterocycles. The number of nitrogens with one attached hydrogen (secondary N) is 3. The lowest BCUT2D eigenvalue weighted by atomic mass is 9.81. The quantitative estimate of drug-likeness (QED) is 0.430. The molecule has 2 amide bonds. The maximum absolute atomic E-state index is 13.0. The first kappa shape index (κ1) is 17.7. The van der Waals surface area contributed by atoms with Crippen LogP contribution in [-0.4, -0.2) is 60.7 Å². The first-order valence-electron chi connectivity index (χ1n) is 9.67. The zero-order chi connectivity index (χ0) is 18.1. The molecule has 0 radical (unpaired) electrons. The van der Waals surface area contributed by atoms with Crippen molar-refractivity contribution in [3.05, 3.63) is 23.3 Å². The molecule has 26 heavy (non-hydrogen) atoms. The third kappa shape index (κ3) is 3.43. The highest BCUT2D eigenvalue weighted by Gasteiger charge is 2.52. The zero-order valence-corrected chi connectivity index (χ0v) is 15.1. The van der Waals surface area contributed by atoms with Gasteiger partial charge in [0.05, 0.1) is 12.0 Å². The fourth-order valence-corrected chi connectivity index (χ4v) is 4.52. The highest BCUT2D eigenvalue weighted by Crippen LogP contribution is 2.52. The van der Waals surface area contributed by atoms with Gasteiger partial charge in [0.2, 0.25) is 11.8 Å². The zero-order valence-electron chi connectivity index (χ0n) is 15.1. The summed E-state index contributed by atoms with van der Waals surface area (Å²) in [6.07, 6.45) is 9.21. The molecule has 0 bridgehead atoms. The summed E-state index contributed by atoms with van der Waals surface area (Å²) >= 11 is 0. The van der Waals surface area contributed by atoms with Crippen LogP contribution in [0, 0.1) is 11.3 Å². The second-order valence-corrected chi connectivity index (χ2v) is 8.10.